The third kappa shape index (κ3) is 2.71. The van der Waals surface area contributed by atoms with E-state index in [-0.39, 0.29) is 11.9 Å². The van der Waals surface area contributed by atoms with Crippen molar-refractivity contribution in [3.8, 4) is 5.75 Å². The van der Waals surface area contributed by atoms with Crippen LogP contribution in [0.25, 0.3) is 0 Å². The summed E-state index contributed by atoms with van der Waals surface area (Å²) in [5, 5.41) is 7.40. The first kappa shape index (κ1) is 15.0. The molecule has 0 saturated heterocycles. The number of hydrogen-bond acceptors (Lipinski definition) is 3. The van der Waals surface area contributed by atoms with Crippen LogP contribution in [0, 0.1) is 5.82 Å². The van der Waals surface area contributed by atoms with Crippen LogP contribution in [0.4, 0.5) is 4.39 Å². The normalized spacial score (nSPS) is 12.4. The lowest BCUT2D eigenvalue weighted by Crippen LogP contribution is -2.23. The van der Waals surface area contributed by atoms with E-state index in [0.29, 0.717) is 22.3 Å². The Hall–Kier alpha value is -1.40. The van der Waals surface area contributed by atoms with Gasteiger partial charge in [0.15, 0.2) is 5.75 Å². The number of benzene rings is 1. The molecular formula is C14H17BrFN3O. The Bertz CT molecular complexity index is 579. The molecule has 1 heterocycles. The van der Waals surface area contributed by atoms with E-state index in [1.165, 1.54) is 6.07 Å². The maximum atomic E-state index is 14.2. The number of aryl methyl sites for hydroxylation is 1. The number of methoxy groups -OCH3 is 1. The second kappa shape index (κ2) is 6.37. The third-order valence-corrected chi connectivity index (χ3v) is 3.69. The Morgan fingerprint density at radius 3 is 2.80 bits per heavy atom. The van der Waals surface area contributed by atoms with Crippen LogP contribution in [-0.2, 0) is 6.54 Å². The van der Waals surface area contributed by atoms with Crippen LogP contribution in [0.15, 0.2) is 28.9 Å². The fraction of sp³-hybridized carbons (Fsp3) is 0.357. The van der Waals surface area contributed by atoms with Crippen molar-refractivity contribution in [1.29, 1.82) is 0 Å². The minimum Gasteiger partial charge on any atom is -0.493 e. The maximum absolute atomic E-state index is 14.2. The van der Waals surface area contributed by atoms with Gasteiger partial charge in [0.25, 0.3) is 0 Å². The van der Waals surface area contributed by atoms with Gasteiger partial charge in [0, 0.05) is 16.6 Å². The molecule has 20 heavy (non-hydrogen) atoms. The highest BCUT2D eigenvalue weighted by Crippen LogP contribution is 2.32. The topological polar surface area (TPSA) is 39.1 Å². The number of hydrogen-bond donors (Lipinski definition) is 1. The van der Waals surface area contributed by atoms with Gasteiger partial charge >= 0.3 is 0 Å². The van der Waals surface area contributed by atoms with E-state index in [9.17, 15) is 4.39 Å². The first-order chi connectivity index (χ1) is 9.62. The first-order valence-electron chi connectivity index (χ1n) is 6.34. The molecule has 1 unspecified atom stereocenters. The minimum atomic E-state index is -0.319. The summed E-state index contributed by atoms with van der Waals surface area (Å²) < 4.78 is 22.1. The maximum Gasteiger partial charge on any atom is 0.161 e. The molecule has 2 aromatic rings. The Kier molecular flexibility index (Phi) is 4.77. The summed E-state index contributed by atoms with van der Waals surface area (Å²) >= 11 is 3.27. The fourth-order valence-corrected chi connectivity index (χ4v) is 2.59. The van der Waals surface area contributed by atoms with E-state index in [1.54, 1.807) is 26.4 Å². The zero-order valence-corrected chi connectivity index (χ0v) is 13.2. The molecular weight excluding hydrogens is 325 g/mol. The van der Waals surface area contributed by atoms with E-state index >= 15 is 0 Å². The second-order valence-electron chi connectivity index (χ2n) is 4.30. The standard InChI is InChI=1S/C14H17BrFN3O/c1-4-19-14(12(20-3)8-18-19)13(17-2)10-6-5-9(15)7-11(10)16/h5-8,13,17H,4H2,1-3H3. The highest BCUT2D eigenvalue weighted by molar-refractivity contribution is 9.10. The van der Waals surface area contributed by atoms with Gasteiger partial charge in [-0.3, -0.25) is 4.68 Å². The summed E-state index contributed by atoms with van der Waals surface area (Å²) in [5.41, 5.74) is 1.38. The molecule has 0 saturated carbocycles. The molecule has 0 amide bonds. The van der Waals surface area contributed by atoms with Gasteiger partial charge < -0.3 is 10.1 Å². The van der Waals surface area contributed by atoms with Crippen molar-refractivity contribution in [3.63, 3.8) is 0 Å². The first-order valence-corrected chi connectivity index (χ1v) is 7.13. The van der Waals surface area contributed by atoms with Crippen molar-refractivity contribution < 1.29 is 9.13 Å². The van der Waals surface area contributed by atoms with Gasteiger partial charge in [-0.25, -0.2) is 4.39 Å². The van der Waals surface area contributed by atoms with Gasteiger partial charge in [-0.1, -0.05) is 22.0 Å². The van der Waals surface area contributed by atoms with Crippen LogP contribution in [0.2, 0.25) is 0 Å². The largest absolute Gasteiger partial charge is 0.493 e. The lowest BCUT2D eigenvalue weighted by molar-refractivity contribution is 0.400. The molecule has 1 N–H and O–H groups in total. The minimum absolute atomic E-state index is 0.273. The Morgan fingerprint density at radius 1 is 1.50 bits per heavy atom. The van der Waals surface area contributed by atoms with Crippen LogP contribution in [0.1, 0.15) is 24.2 Å². The van der Waals surface area contributed by atoms with E-state index in [4.69, 9.17) is 4.74 Å². The molecule has 0 aliphatic carbocycles. The molecule has 108 valence electrons. The quantitative estimate of drug-likeness (QED) is 0.908. The van der Waals surface area contributed by atoms with Crippen molar-refractivity contribution >= 4 is 15.9 Å². The second-order valence-corrected chi connectivity index (χ2v) is 5.22. The van der Waals surface area contributed by atoms with Gasteiger partial charge in [-0.05, 0) is 26.1 Å². The van der Waals surface area contributed by atoms with E-state index in [1.807, 2.05) is 17.7 Å². The zero-order chi connectivity index (χ0) is 14.7. The smallest absolute Gasteiger partial charge is 0.161 e. The number of rotatable bonds is 5. The molecule has 1 aromatic heterocycles. The van der Waals surface area contributed by atoms with Crippen LogP contribution in [-0.4, -0.2) is 23.9 Å². The summed E-state index contributed by atoms with van der Waals surface area (Å²) in [5.74, 6) is 0.373. The van der Waals surface area contributed by atoms with Gasteiger partial charge in [-0.15, -0.1) is 0 Å². The highest BCUT2D eigenvalue weighted by atomic mass is 79.9. The summed E-state index contributed by atoms with van der Waals surface area (Å²) in [7, 11) is 3.38. The Labute approximate surface area is 126 Å². The van der Waals surface area contributed by atoms with Crippen LogP contribution < -0.4 is 10.1 Å². The molecule has 0 bridgehead atoms. The number of nitrogens with one attached hydrogen (secondary N) is 1. The van der Waals surface area contributed by atoms with Crippen molar-refractivity contribution in [2.24, 2.45) is 0 Å². The van der Waals surface area contributed by atoms with Crippen LogP contribution in [0.3, 0.4) is 0 Å². The summed E-state index contributed by atoms with van der Waals surface area (Å²) in [6, 6.07) is 4.72. The van der Waals surface area contributed by atoms with E-state index in [2.05, 4.69) is 26.3 Å². The van der Waals surface area contributed by atoms with Crippen LogP contribution >= 0.6 is 15.9 Å². The number of halogens is 2. The predicted molar refractivity (Wildman–Crippen MR) is 79.5 cm³/mol. The van der Waals surface area contributed by atoms with E-state index in [0.717, 1.165) is 5.69 Å². The average molecular weight is 342 g/mol. The monoisotopic (exact) mass is 341 g/mol. The summed E-state index contributed by atoms with van der Waals surface area (Å²) in [6.45, 7) is 2.68. The molecule has 4 nitrogen and oxygen atoms in total. The Balaban J connectivity index is 2.54. The average Bonchev–Trinajstić information content (AvgIpc) is 2.85. The van der Waals surface area contributed by atoms with Gasteiger partial charge in [0.1, 0.15) is 11.5 Å². The van der Waals surface area contributed by atoms with Crippen molar-refractivity contribution in [2.75, 3.05) is 14.2 Å². The fourth-order valence-electron chi connectivity index (χ4n) is 2.25. The van der Waals surface area contributed by atoms with Crippen molar-refractivity contribution in [1.82, 2.24) is 15.1 Å². The van der Waals surface area contributed by atoms with Crippen molar-refractivity contribution in [2.45, 2.75) is 19.5 Å². The summed E-state index contributed by atoms with van der Waals surface area (Å²) in [4.78, 5) is 0. The number of aromatic nitrogens is 2. The van der Waals surface area contributed by atoms with E-state index < -0.39 is 0 Å². The van der Waals surface area contributed by atoms with Crippen molar-refractivity contribution in [3.05, 3.63) is 45.9 Å². The molecule has 0 radical (unpaired) electrons. The van der Waals surface area contributed by atoms with Gasteiger partial charge in [-0.2, -0.15) is 5.10 Å². The summed E-state index contributed by atoms with van der Waals surface area (Å²) in [6.07, 6.45) is 1.65. The molecule has 0 fully saturated rings. The third-order valence-electron chi connectivity index (χ3n) is 3.20. The van der Waals surface area contributed by atoms with Crippen LogP contribution in [0.5, 0.6) is 5.75 Å². The SMILES string of the molecule is CCn1ncc(OC)c1C(NC)c1ccc(Br)cc1F. The lowest BCUT2D eigenvalue weighted by Gasteiger charge is -2.20. The molecule has 0 aliphatic heterocycles. The molecule has 6 heteroatoms. The number of nitrogens with zero attached hydrogens (tertiary/aromatic N) is 2. The molecule has 0 aliphatic rings. The highest BCUT2D eigenvalue weighted by Gasteiger charge is 2.24. The molecule has 1 aromatic carbocycles. The number of ether oxygens (including phenoxy) is 1. The molecule has 1 atom stereocenters. The lowest BCUT2D eigenvalue weighted by atomic mass is 10.0. The molecule has 0 spiro atoms. The molecule has 2 rings (SSSR count). The van der Waals surface area contributed by atoms with Gasteiger partial charge in [0.05, 0.1) is 19.3 Å². The predicted octanol–water partition coefficient (Wildman–Crippen LogP) is 3.12. The van der Waals surface area contributed by atoms with Gasteiger partial charge in [0.2, 0.25) is 0 Å². The Morgan fingerprint density at radius 2 is 2.25 bits per heavy atom. The zero-order valence-electron chi connectivity index (χ0n) is 11.7.